The van der Waals surface area contributed by atoms with E-state index in [2.05, 4.69) is 9.47 Å². The molecule has 0 aromatic rings. The maximum atomic E-state index is 11.8. The van der Waals surface area contributed by atoms with Crippen molar-refractivity contribution in [2.45, 2.75) is 6.18 Å². The maximum absolute atomic E-state index is 11.8. The highest BCUT2D eigenvalue weighted by molar-refractivity contribution is 4.80. The molecule has 0 amide bonds. The second-order valence-corrected chi connectivity index (χ2v) is 2.05. The van der Waals surface area contributed by atoms with Gasteiger partial charge in [-0.2, -0.15) is 26.3 Å². The van der Waals surface area contributed by atoms with Crippen LogP contribution in [0.2, 0.25) is 0 Å². The van der Waals surface area contributed by atoms with E-state index in [1.165, 1.54) is 0 Å². The quantitative estimate of drug-likeness (QED) is 0.406. The Morgan fingerprint density at radius 1 is 1.00 bits per heavy atom. The van der Waals surface area contributed by atoms with Gasteiger partial charge in [0.2, 0.25) is 0 Å². The van der Waals surface area contributed by atoms with Crippen LogP contribution in [-0.2, 0) is 9.47 Å². The predicted octanol–water partition coefficient (Wildman–Crippen LogP) is 2.62. The van der Waals surface area contributed by atoms with Crippen LogP contribution >= 0.6 is 0 Å². The van der Waals surface area contributed by atoms with Gasteiger partial charge in [0.05, 0.1) is 6.61 Å². The van der Waals surface area contributed by atoms with Crippen LogP contribution in [0, 0.1) is 0 Å². The summed E-state index contributed by atoms with van der Waals surface area (Å²) >= 11 is 0. The Morgan fingerprint density at radius 3 is 2.00 bits per heavy atom. The molecule has 0 aliphatic heterocycles. The summed E-state index contributed by atoms with van der Waals surface area (Å²) in [6.07, 6.45) is -7.17. The Morgan fingerprint density at radius 2 is 1.57 bits per heavy atom. The minimum atomic E-state index is -4.50. The van der Waals surface area contributed by atoms with E-state index in [0.717, 1.165) is 0 Å². The first-order valence-electron chi connectivity index (χ1n) is 3.31. The first-order chi connectivity index (χ1) is 6.33. The average molecular weight is 224 g/mol. The second-order valence-electron chi connectivity index (χ2n) is 2.05. The summed E-state index contributed by atoms with van der Waals surface area (Å²) in [6, 6.07) is -2.11. The lowest BCUT2D eigenvalue weighted by atomic mass is 10.7. The van der Waals surface area contributed by atoms with Gasteiger partial charge in [0.1, 0.15) is 13.2 Å². The fraction of sp³-hybridized carbons (Fsp3) is 0.667. The molecule has 0 heterocycles. The molecule has 0 aromatic carbocycles. The van der Waals surface area contributed by atoms with Crippen LogP contribution in [0.4, 0.5) is 26.3 Å². The zero-order valence-corrected chi connectivity index (χ0v) is 6.71. The number of hydrogen-bond acceptors (Lipinski definition) is 2. The van der Waals surface area contributed by atoms with Crippen molar-refractivity contribution in [2.24, 2.45) is 0 Å². The largest absolute Gasteiger partial charge is 0.465 e. The summed E-state index contributed by atoms with van der Waals surface area (Å²) in [5, 5.41) is 0. The number of ether oxygens (including phenoxy) is 2. The normalized spacial score (nSPS) is 11.3. The molecule has 0 saturated carbocycles. The van der Waals surface area contributed by atoms with Crippen LogP contribution in [0.5, 0.6) is 0 Å². The third-order valence-electron chi connectivity index (χ3n) is 0.871. The Balaban J connectivity index is 3.45. The molecule has 0 rings (SSSR count). The number of rotatable bonds is 5. The van der Waals surface area contributed by atoms with Gasteiger partial charge in [-0.05, 0) is 0 Å². The van der Waals surface area contributed by atoms with Gasteiger partial charge < -0.3 is 9.47 Å². The molecule has 0 aromatic heterocycles. The summed E-state index contributed by atoms with van der Waals surface area (Å²) in [5.74, 6) is 0. The summed E-state index contributed by atoms with van der Waals surface area (Å²) < 4.78 is 76.2. The minimum absolute atomic E-state index is 0.625. The van der Waals surface area contributed by atoms with E-state index >= 15 is 0 Å². The van der Waals surface area contributed by atoms with Crippen molar-refractivity contribution in [1.82, 2.24) is 0 Å². The molecule has 0 aliphatic carbocycles. The number of halogens is 6. The molecular formula is C6H6F6O2. The topological polar surface area (TPSA) is 18.5 Å². The van der Waals surface area contributed by atoms with Crippen LogP contribution in [0.1, 0.15) is 0 Å². The van der Waals surface area contributed by atoms with Gasteiger partial charge in [-0.3, -0.25) is 0 Å². The first-order valence-corrected chi connectivity index (χ1v) is 3.31. The van der Waals surface area contributed by atoms with Gasteiger partial charge in [-0.1, -0.05) is 0 Å². The second kappa shape index (κ2) is 5.74. The molecule has 2 nitrogen and oxygen atoms in total. The van der Waals surface area contributed by atoms with Gasteiger partial charge in [0, 0.05) is 0 Å². The van der Waals surface area contributed by atoms with Gasteiger partial charge >= 0.3 is 18.3 Å². The third kappa shape index (κ3) is 7.71. The zero-order chi connectivity index (χ0) is 11.2. The van der Waals surface area contributed by atoms with E-state index in [1.807, 2.05) is 0 Å². The third-order valence-corrected chi connectivity index (χ3v) is 0.871. The minimum Gasteiger partial charge on any atom is -0.465 e. The molecule has 14 heavy (non-hydrogen) atoms. The highest BCUT2D eigenvalue weighted by Crippen LogP contribution is 2.14. The van der Waals surface area contributed by atoms with Gasteiger partial charge in [-0.25, -0.2) is 0 Å². The van der Waals surface area contributed by atoms with Crippen molar-refractivity contribution in [3.05, 3.63) is 12.1 Å². The standard InChI is InChI=1S/C6H6F6O2/c7-4(8)5(9)14-2-1-13-3-6(10,11)12/h1-3H2. The van der Waals surface area contributed by atoms with Crippen LogP contribution in [0.15, 0.2) is 12.1 Å². The van der Waals surface area contributed by atoms with E-state index in [-0.39, 0.29) is 0 Å². The molecule has 0 bridgehead atoms. The van der Waals surface area contributed by atoms with Crippen molar-refractivity contribution in [3.8, 4) is 0 Å². The van der Waals surface area contributed by atoms with E-state index in [0.29, 0.717) is 0 Å². The van der Waals surface area contributed by atoms with E-state index < -0.39 is 38.1 Å². The lowest BCUT2D eigenvalue weighted by molar-refractivity contribution is -0.176. The predicted molar refractivity (Wildman–Crippen MR) is 33.2 cm³/mol. The smallest absolute Gasteiger partial charge is 0.411 e. The monoisotopic (exact) mass is 224 g/mol. The number of hydrogen-bond donors (Lipinski definition) is 0. The summed E-state index contributed by atoms with van der Waals surface area (Å²) in [4.78, 5) is 0. The molecule has 0 radical (unpaired) electrons. The maximum Gasteiger partial charge on any atom is 0.411 e. The molecule has 0 spiro atoms. The molecule has 0 atom stereocenters. The summed E-state index contributed by atoms with van der Waals surface area (Å²) in [7, 11) is 0. The van der Waals surface area contributed by atoms with Crippen molar-refractivity contribution in [2.75, 3.05) is 19.8 Å². The highest BCUT2D eigenvalue weighted by atomic mass is 19.4. The Hall–Kier alpha value is -0.920. The molecule has 0 fully saturated rings. The van der Waals surface area contributed by atoms with Crippen molar-refractivity contribution in [3.63, 3.8) is 0 Å². The van der Waals surface area contributed by atoms with Gasteiger partial charge in [-0.15, -0.1) is 0 Å². The summed E-state index contributed by atoms with van der Waals surface area (Å²) in [6.45, 7) is -2.86. The summed E-state index contributed by atoms with van der Waals surface area (Å²) in [5.41, 5.74) is 0. The van der Waals surface area contributed by atoms with Crippen LogP contribution < -0.4 is 0 Å². The molecule has 0 aliphatic rings. The lowest BCUT2D eigenvalue weighted by Gasteiger charge is -2.07. The lowest BCUT2D eigenvalue weighted by Crippen LogP contribution is -2.18. The van der Waals surface area contributed by atoms with E-state index in [9.17, 15) is 26.3 Å². The Bertz CT molecular complexity index is 195. The van der Waals surface area contributed by atoms with E-state index in [1.54, 1.807) is 0 Å². The Kier molecular flexibility index (Phi) is 5.36. The van der Waals surface area contributed by atoms with Gasteiger partial charge in [0.25, 0.3) is 0 Å². The molecule has 0 unspecified atom stereocenters. The SMILES string of the molecule is FC(F)=C(F)OCCOCC(F)(F)F. The zero-order valence-electron chi connectivity index (χ0n) is 6.71. The van der Waals surface area contributed by atoms with Crippen LogP contribution in [0.25, 0.3) is 0 Å². The van der Waals surface area contributed by atoms with Crippen LogP contribution in [-0.4, -0.2) is 26.0 Å². The van der Waals surface area contributed by atoms with Gasteiger partial charge in [0.15, 0.2) is 0 Å². The van der Waals surface area contributed by atoms with Crippen LogP contribution in [0.3, 0.4) is 0 Å². The van der Waals surface area contributed by atoms with Crippen molar-refractivity contribution in [1.29, 1.82) is 0 Å². The van der Waals surface area contributed by atoms with Crippen molar-refractivity contribution >= 4 is 0 Å². The first kappa shape index (κ1) is 13.1. The average Bonchev–Trinajstić information content (AvgIpc) is 2.01. The molecule has 84 valence electrons. The fourth-order valence-electron chi connectivity index (χ4n) is 0.433. The van der Waals surface area contributed by atoms with E-state index in [4.69, 9.17) is 0 Å². The highest BCUT2D eigenvalue weighted by Gasteiger charge is 2.27. The van der Waals surface area contributed by atoms with Crippen molar-refractivity contribution < 1.29 is 35.8 Å². The Labute approximate surface area is 75.1 Å². The number of alkyl halides is 3. The molecule has 0 N–H and O–H groups in total. The fourth-order valence-corrected chi connectivity index (χ4v) is 0.433. The molecule has 0 saturated heterocycles. The molecular weight excluding hydrogens is 218 g/mol. The molecule has 8 heteroatoms.